The van der Waals surface area contributed by atoms with Gasteiger partial charge in [0.15, 0.2) is 0 Å². The summed E-state index contributed by atoms with van der Waals surface area (Å²) in [6.45, 7) is 0. The first-order valence-corrected chi connectivity index (χ1v) is 6.89. The molecule has 3 unspecified atom stereocenters. The van der Waals surface area contributed by atoms with E-state index in [-0.39, 0.29) is 12.0 Å². The molecule has 2 aliphatic carbocycles. The van der Waals surface area contributed by atoms with Crippen molar-refractivity contribution >= 4 is 0 Å². The number of aliphatic hydroxyl groups excluding tert-OH is 1. The third kappa shape index (κ3) is 2.77. The van der Waals surface area contributed by atoms with Gasteiger partial charge in [0.1, 0.15) is 0 Å². The van der Waals surface area contributed by atoms with E-state index in [0.717, 1.165) is 25.7 Å². The Bertz CT molecular complexity index is 252. The number of nitrogens with zero attached hydrogens (tertiary/aromatic N) is 1. The zero-order chi connectivity index (χ0) is 11.4. The van der Waals surface area contributed by atoms with Gasteiger partial charge in [0.05, 0.1) is 12.2 Å². The van der Waals surface area contributed by atoms with E-state index in [1.54, 1.807) is 0 Å². The molecule has 0 spiro atoms. The van der Waals surface area contributed by atoms with Crippen molar-refractivity contribution in [2.45, 2.75) is 63.9 Å². The molecule has 2 rings (SSSR count). The van der Waals surface area contributed by atoms with Gasteiger partial charge in [0, 0.05) is 5.92 Å². The monoisotopic (exact) mass is 221 g/mol. The topological polar surface area (TPSA) is 44.0 Å². The molecule has 0 saturated heterocycles. The summed E-state index contributed by atoms with van der Waals surface area (Å²) in [6.07, 6.45) is 10.4. The van der Waals surface area contributed by atoms with Crippen LogP contribution in [0.25, 0.3) is 0 Å². The average molecular weight is 221 g/mol. The molecule has 0 aromatic rings. The quantitative estimate of drug-likeness (QED) is 0.777. The second-order valence-corrected chi connectivity index (χ2v) is 5.64. The molecular formula is C14H23NO. The van der Waals surface area contributed by atoms with Crippen LogP contribution < -0.4 is 0 Å². The minimum absolute atomic E-state index is 0.128. The average Bonchev–Trinajstić information content (AvgIpc) is 2.39. The second kappa shape index (κ2) is 5.68. The lowest BCUT2D eigenvalue weighted by Gasteiger charge is -2.35. The van der Waals surface area contributed by atoms with Crippen molar-refractivity contribution in [2.75, 3.05) is 0 Å². The zero-order valence-corrected chi connectivity index (χ0v) is 10.1. The highest BCUT2D eigenvalue weighted by Crippen LogP contribution is 2.37. The van der Waals surface area contributed by atoms with Gasteiger partial charge in [-0.25, -0.2) is 0 Å². The lowest BCUT2D eigenvalue weighted by Crippen LogP contribution is -2.33. The zero-order valence-electron chi connectivity index (χ0n) is 10.1. The highest BCUT2D eigenvalue weighted by Gasteiger charge is 2.32. The standard InChI is InChI=1S/C14H23NO/c15-10-11-5-4-8-13(9-11)14(16)12-6-2-1-3-7-12/h11-14,16H,1-9H2. The van der Waals surface area contributed by atoms with Crippen LogP contribution in [0.1, 0.15) is 57.8 Å². The van der Waals surface area contributed by atoms with Crippen molar-refractivity contribution in [3.8, 4) is 6.07 Å². The normalized spacial score (nSPS) is 34.2. The van der Waals surface area contributed by atoms with Crippen LogP contribution in [-0.2, 0) is 0 Å². The molecule has 3 atom stereocenters. The number of hydrogen-bond acceptors (Lipinski definition) is 2. The summed E-state index contributed by atoms with van der Waals surface area (Å²) in [5.74, 6) is 1.13. The molecule has 0 aromatic carbocycles. The maximum absolute atomic E-state index is 10.4. The van der Waals surface area contributed by atoms with E-state index in [1.165, 1.54) is 32.1 Å². The van der Waals surface area contributed by atoms with E-state index >= 15 is 0 Å². The van der Waals surface area contributed by atoms with Crippen LogP contribution in [0, 0.1) is 29.1 Å². The fourth-order valence-corrected chi connectivity index (χ4v) is 3.52. The maximum Gasteiger partial charge on any atom is 0.0655 e. The SMILES string of the molecule is N#CC1CCCC(C(O)C2CCCCC2)C1. The van der Waals surface area contributed by atoms with Crippen LogP contribution in [0.15, 0.2) is 0 Å². The molecule has 0 heterocycles. The smallest absolute Gasteiger partial charge is 0.0655 e. The van der Waals surface area contributed by atoms with Crippen molar-refractivity contribution < 1.29 is 5.11 Å². The van der Waals surface area contributed by atoms with E-state index in [9.17, 15) is 5.11 Å². The third-order valence-corrected chi connectivity index (χ3v) is 4.51. The van der Waals surface area contributed by atoms with Crippen molar-refractivity contribution in [3.63, 3.8) is 0 Å². The summed E-state index contributed by atoms with van der Waals surface area (Å²) < 4.78 is 0. The van der Waals surface area contributed by atoms with Crippen LogP contribution in [0.4, 0.5) is 0 Å². The fraction of sp³-hybridized carbons (Fsp3) is 0.929. The van der Waals surface area contributed by atoms with Crippen molar-refractivity contribution in [2.24, 2.45) is 17.8 Å². The Hall–Kier alpha value is -0.550. The van der Waals surface area contributed by atoms with Gasteiger partial charge in [-0.1, -0.05) is 25.7 Å². The fourth-order valence-electron chi connectivity index (χ4n) is 3.52. The van der Waals surface area contributed by atoms with Gasteiger partial charge in [0.25, 0.3) is 0 Å². The van der Waals surface area contributed by atoms with Gasteiger partial charge >= 0.3 is 0 Å². The van der Waals surface area contributed by atoms with Crippen molar-refractivity contribution in [1.82, 2.24) is 0 Å². The Balaban J connectivity index is 1.87. The highest BCUT2D eigenvalue weighted by molar-refractivity contribution is 4.91. The van der Waals surface area contributed by atoms with Crippen LogP contribution in [0.5, 0.6) is 0 Å². The molecule has 0 amide bonds. The van der Waals surface area contributed by atoms with E-state index < -0.39 is 0 Å². The summed E-state index contributed by atoms with van der Waals surface area (Å²) in [7, 11) is 0. The number of nitriles is 1. The number of rotatable bonds is 2. The largest absolute Gasteiger partial charge is 0.393 e. The van der Waals surface area contributed by atoms with E-state index in [1.807, 2.05) is 0 Å². The van der Waals surface area contributed by atoms with Gasteiger partial charge in [-0.15, -0.1) is 0 Å². The Morgan fingerprint density at radius 2 is 1.62 bits per heavy atom. The summed E-state index contributed by atoms with van der Waals surface area (Å²) in [4.78, 5) is 0. The van der Waals surface area contributed by atoms with Crippen molar-refractivity contribution in [3.05, 3.63) is 0 Å². The second-order valence-electron chi connectivity index (χ2n) is 5.64. The summed E-state index contributed by atoms with van der Waals surface area (Å²) in [5, 5.41) is 19.4. The van der Waals surface area contributed by atoms with Gasteiger partial charge in [-0.05, 0) is 43.9 Å². The molecule has 0 aliphatic heterocycles. The molecule has 2 fully saturated rings. The molecule has 0 bridgehead atoms. The molecule has 0 radical (unpaired) electrons. The van der Waals surface area contributed by atoms with Gasteiger partial charge in [-0.2, -0.15) is 5.26 Å². The maximum atomic E-state index is 10.4. The molecule has 2 heteroatoms. The van der Waals surface area contributed by atoms with E-state index in [0.29, 0.717) is 11.8 Å². The Kier molecular flexibility index (Phi) is 4.23. The predicted octanol–water partition coefficient (Wildman–Crippen LogP) is 3.26. The summed E-state index contributed by atoms with van der Waals surface area (Å²) in [5.41, 5.74) is 0. The Morgan fingerprint density at radius 3 is 2.31 bits per heavy atom. The number of hydrogen-bond donors (Lipinski definition) is 1. The third-order valence-electron chi connectivity index (χ3n) is 4.51. The summed E-state index contributed by atoms with van der Waals surface area (Å²) >= 11 is 0. The van der Waals surface area contributed by atoms with E-state index in [2.05, 4.69) is 6.07 Å². The first-order chi connectivity index (χ1) is 7.81. The lowest BCUT2D eigenvalue weighted by molar-refractivity contribution is 0.0134. The van der Waals surface area contributed by atoms with Crippen LogP contribution >= 0.6 is 0 Å². The first-order valence-electron chi connectivity index (χ1n) is 6.89. The van der Waals surface area contributed by atoms with Crippen LogP contribution in [0.3, 0.4) is 0 Å². The van der Waals surface area contributed by atoms with Gasteiger partial charge in [-0.3, -0.25) is 0 Å². The van der Waals surface area contributed by atoms with Crippen LogP contribution in [0.2, 0.25) is 0 Å². The van der Waals surface area contributed by atoms with Gasteiger partial charge in [0.2, 0.25) is 0 Å². The molecule has 0 aromatic heterocycles. The molecule has 90 valence electrons. The lowest BCUT2D eigenvalue weighted by atomic mass is 9.73. The molecule has 2 aliphatic rings. The molecular weight excluding hydrogens is 198 g/mol. The molecule has 1 N–H and O–H groups in total. The van der Waals surface area contributed by atoms with Crippen LogP contribution in [-0.4, -0.2) is 11.2 Å². The number of aliphatic hydroxyl groups is 1. The van der Waals surface area contributed by atoms with E-state index in [4.69, 9.17) is 5.26 Å². The first kappa shape index (κ1) is 11.9. The molecule has 16 heavy (non-hydrogen) atoms. The summed E-state index contributed by atoms with van der Waals surface area (Å²) in [6, 6.07) is 2.38. The van der Waals surface area contributed by atoms with Crippen molar-refractivity contribution in [1.29, 1.82) is 5.26 Å². The Labute approximate surface area is 98.7 Å². The van der Waals surface area contributed by atoms with Gasteiger partial charge < -0.3 is 5.11 Å². The highest BCUT2D eigenvalue weighted by atomic mass is 16.3. The predicted molar refractivity (Wildman–Crippen MR) is 63.6 cm³/mol. The Morgan fingerprint density at radius 1 is 0.938 bits per heavy atom. The minimum Gasteiger partial charge on any atom is -0.393 e. The molecule has 2 saturated carbocycles. The molecule has 2 nitrogen and oxygen atoms in total. The minimum atomic E-state index is -0.128.